The van der Waals surface area contributed by atoms with Crippen LogP contribution in [0.3, 0.4) is 0 Å². The molecule has 0 radical (unpaired) electrons. The minimum absolute atomic E-state index is 0.416. The molecular weight excluding hydrogens is 180 g/mol. The van der Waals surface area contributed by atoms with E-state index >= 15 is 0 Å². The standard InChI is InChI=1S/C10H20N2S/c1-3-13-7-6-8(2)12-10(11)9-4-5-9/h8-9H,3-7H2,1-2H3,(H2,11,12). The summed E-state index contributed by atoms with van der Waals surface area (Å²) in [6.45, 7) is 4.35. The number of aliphatic imine (C=N–C) groups is 1. The van der Waals surface area contributed by atoms with Crippen molar-refractivity contribution in [1.29, 1.82) is 0 Å². The van der Waals surface area contributed by atoms with Crippen molar-refractivity contribution in [3.8, 4) is 0 Å². The molecule has 3 heteroatoms. The zero-order valence-corrected chi connectivity index (χ0v) is 9.44. The van der Waals surface area contributed by atoms with Crippen molar-refractivity contribution in [3.63, 3.8) is 0 Å². The lowest BCUT2D eigenvalue weighted by Gasteiger charge is -2.06. The molecule has 2 nitrogen and oxygen atoms in total. The van der Waals surface area contributed by atoms with Gasteiger partial charge in [0, 0.05) is 12.0 Å². The van der Waals surface area contributed by atoms with Gasteiger partial charge in [0.2, 0.25) is 0 Å². The van der Waals surface area contributed by atoms with Crippen molar-refractivity contribution in [2.24, 2.45) is 16.6 Å². The molecule has 1 fully saturated rings. The van der Waals surface area contributed by atoms with E-state index in [1.54, 1.807) is 0 Å². The predicted molar refractivity (Wildman–Crippen MR) is 61.4 cm³/mol. The van der Waals surface area contributed by atoms with E-state index in [2.05, 4.69) is 18.8 Å². The Morgan fingerprint density at radius 1 is 1.62 bits per heavy atom. The van der Waals surface area contributed by atoms with Crippen LogP contribution in [-0.2, 0) is 0 Å². The monoisotopic (exact) mass is 200 g/mol. The summed E-state index contributed by atoms with van der Waals surface area (Å²) in [5.74, 6) is 3.93. The third-order valence-corrected chi connectivity index (χ3v) is 3.18. The van der Waals surface area contributed by atoms with E-state index in [0.29, 0.717) is 12.0 Å². The summed E-state index contributed by atoms with van der Waals surface area (Å²) in [5, 5.41) is 0. The lowest BCUT2D eigenvalue weighted by molar-refractivity contribution is 0.718. The van der Waals surface area contributed by atoms with Gasteiger partial charge >= 0.3 is 0 Å². The summed E-state index contributed by atoms with van der Waals surface area (Å²) in [5.41, 5.74) is 5.83. The van der Waals surface area contributed by atoms with E-state index in [4.69, 9.17) is 5.73 Å². The molecule has 0 aliphatic heterocycles. The number of nitrogens with two attached hydrogens (primary N) is 1. The average molecular weight is 200 g/mol. The van der Waals surface area contributed by atoms with Crippen LogP contribution in [0.2, 0.25) is 0 Å². The third kappa shape index (κ3) is 4.55. The van der Waals surface area contributed by atoms with Crippen molar-refractivity contribution in [2.45, 2.75) is 39.2 Å². The van der Waals surface area contributed by atoms with Crippen LogP contribution >= 0.6 is 11.8 Å². The molecule has 1 rings (SSSR count). The highest BCUT2D eigenvalue weighted by Gasteiger charge is 2.25. The third-order valence-electron chi connectivity index (χ3n) is 2.25. The molecule has 0 bridgehead atoms. The Bertz CT molecular complexity index is 176. The van der Waals surface area contributed by atoms with Crippen molar-refractivity contribution >= 4 is 17.6 Å². The zero-order valence-electron chi connectivity index (χ0n) is 8.62. The van der Waals surface area contributed by atoms with Gasteiger partial charge in [-0.05, 0) is 37.7 Å². The summed E-state index contributed by atoms with van der Waals surface area (Å²) < 4.78 is 0. The van der Waals surface area contributed by atoms with Crippen LogP contribution < -0.4 is 5.73 Å². The van der Waals surface area contributed by atoms with Crippen molar-refractivity contribution in [3.05, 3.63) is 0 Å². The number of rotatable bonds is 6. The van der Waals surface area contributed by atoms with Crippen LogP contribution in [0.15, 0.2) is 4.99 Å². The normalized spacial score (nSPS) is 20.3. The molecule has 2 N–H and O–H groups in total. The van der Waals surface area contributed by atoms with E-state index < -0.39 is 0 Å². The van der Waals surface area contributed by atoms with Crippen LogP contribution in [0, 0.1) is 5.92 Å². The maximum Gasteiger partial charge on any atom is 0.0971 e. The minimum atomic E-state index is 0.416. The van der Waals surface area contributed by atoms with Crippen molar-refractivity contribution < 1.29 is 0 Å². The van der Waals surface area contributed by atoms with Crippen LogP contribution in [0.5, 0.6) is 0 Å². The van der Waals surface area contributed by atoms with Crippen molar-refractivity contribution in [1.82, 2.24) is 0 Å². The topological polar surface area (TPSA) is 38.4 Å². The van der Waals surface area contributed by atoms with Gasteiger partial charge < -0.3 is 5.73 Å². The summed E-state index contributed by atoms with van der Waals surface area (Å²) in [6.07, 6.45) is 3.67. The highest BCUT2D eigenvalue weighted by atomic mass is 32.2. The summed E-state index contributed by atoms with van der Waals surface area (Å²) in [6, 6.07) is 0.416. The fourth-order valence-corrected chi connectivity index (χ4v) is 2.00. The molecule has 76 valence electrons. The van der Waals surface area contributed by atoms with Gasteiger partial charge in [-0.15, -0.1) is 0 Å². The molecule has 13 heavy (non-hydrogen) atoms. The Hall–Kier alpha value is -0.180. The number of amidine groups is 1. The molecule has 0 spiro atoms. The molecular formula is C10H20N2S. The van der Waals surface area contributed by atoms with Crippen molar-refractivity contribution in [2.75, 3.05) is 11.5 Å². The smallest absolute Gasteiger partial charge is 0.0971 e. The van der Waals surface area contributed by atoms with E-state index in [-0.39, 0.29) is 0 Å². The quantitative estimate of drug-likeness (QED) is 0.406. The highest BCUT2D eigenvalue weighted by Crippen LogP contribution is 2.29. The van der Waals surface area contributed by atoms with E-state index in [1.165, 1.54) is 24.3 Å². The van der Waals surface area contributed by atoms with Gasteiger partial charge in [0.05, 0.1) is 5.84 Å². The van der Waals surface area contributed by atoms with E-state index in [0.717, 1.165) is 12.3 Å². The number of thioether (sulfide) groups is 1. The van der Waals surface area contributed by atoms with Crippen LogP contribution in [0.25, 0.3) is 0 Å². The van der Waals surface area contributed by atoms with Gasteiger partial charge in [-0.1, -0.05) is 6.92 Å². The van der Waals surface area contributed by atoms with Crippen LogP contribution in [-0.4, -0.2) is 23.4 Å². The summed E-state index contributed by atoms with van der Waals surface area (Å²) in [4.78, 5) is 4.49. The number of hydrogen-bond donors (Lipinski definition) is 1. The lowest BCUT2D eigenvalue weighted by Crippen LogP contribution is -2.17. The molecule has 0 aromatic heterocycles. The molecule has 0 heterocycles. The number of nitrogens with zero attached hydrogens (tertiary/aromatic N) is 1. The fourth-order valence-electron chi connectivity index (χ4n) is 1.20. The minimum Gasteiger partial charge on any atom is -0.387 e. The maximum atomic E-state index is 5.83. The molecule has 1 atom stereocenters. The second-order valence-electron chi connectivity index (χ2n) is 3.66. The molecule has 1 saturated carbocycles. The van der Waals surface area contributed by atoms with Gasteiger partial charge in [-0.3, -0.25) is 4.99 Å². The van der Waals surface area contributed by atoms with Gasteiger partial charge in [0.25, 0.3) is 0 Å². The molecule has 0 aromatic rings. The van der Waals surface area contributed by atoms with Crippen LogP contribution in [0.4, 0.5) is 0 Å². The Morgan fingerprint density at radius 3 is 2.85 bits per heavy atom. The molecule has 0 aromatic carbocycles. The van der Waals surface area contributed by atoms with Gasteiger partial charge in [0.1, 0.15) is 0 Å². The first-order chi connectivity index (χ1) is 6.24. The maximum absolute atomic E-state index is 5.83. The zero-order chi connectivity index (χ0) is 9.68. The first kappa shape index (κ1) is 10.9. The fraction of sp³-hybridized carbons (Fsp3) is 0.900. The summed E-state index contributed by atoms with van der Waals surface area (Å²) >= 11 is 1.98. The van der Waals surface area contributed by atoms with E-state index in [9.17, 15) is 0 Å². The second kappa shape index (κ2) is 5.53. The molecule has 0 saturated heterocycles. The Labute approximate surface area is 85.4 Å². The van der Waals surface area contributed by atoms with Gasteiger partial charge in [0.15, 0.2) is 0 Å². The molecule has 1 aliphatic carbocycles. The lowest BCUT2D eigenvalue weighted by atomic mass is 10.2. The van der Waals surface area contributed by atoms with Gasteiger partial charge in [-0.25, -0.2) is 0 Å². The summed E-state index contributed by atoms with van der Waals surface area (Å²) in [7, 11) is 0. The SMILES string of the molecule is CCSCCC(C)N=C(N)C1CC1. The largest absolute Gasteiger partial charge is 0.387 e. The van der Waals surface area contributed by atoms with E-state index in [1.807, 2.05) is 11.8 Å². The predicted octanol–water partition coefficient (Wildman–Crippen LogP) is 2.29. The molecule has 1 aliphatic rings. The Morgan fingerprint density at radius 2 is 2.31 bits per heavy atom. The van der Waals surface area contributed by atoms with Gasteiger partial charge in [-0.2, -0.15) is 11.8 Å². The highest BCUT2D eigenvalue weighted by molar-refractivity contribution is 7.99. The van der Waals surface area contributed by atoms with Crippen LogP contribution in [0.1, 0.15) is 33.1 Å². The molecule has 1 unspecified atom stereocenters. The number of hydrogen-bond acceptors (Lipinski definition) is 2. The first-order valence-corrected chi connectivity index (χ1v) is 6.30. The second-order valence-corrected chi connectivity index (χ2v) is 5.06. The average Bonchev–Trinajstić information content (AvgIpc) is 2.86. The Kier molecular flexibility index (Phi) is 4.64. The first-order valence-electron chi connectivity index (χ1n) is 5.15. The molecule has 0 amide bonds. The Balaban J connectivity index is 2.14.